The molecule has 9 nitrogen and oxygen atoms in total. The van der Waals surface area contributed by atoms with Crippen LogP contribution in [0.15, 0.2) is 53.3 Å². The molecule has 1 aromatic heterocycles. The fourth-order valence-electron chi connectivity index (χ4n) is 2.99. The van der Waals surface area contributed by atoms with E-state index in [1.54, 1.807) is 24.3 Å². The number of nitrogens with one attached hydrogen (secondary N) is 1. The van der Waals surface area contributed by atoms with E-state index < -0.39 is 0 Å². The third-order valence-electron chi connectivity index (χ3n) is 4.30. The maximum atomic E-state index is 12.5. The summed E-state index contributed by atoms with van der Waals surface area (Å²) in [6, 6.07) is 14.2. The zero-order valence-corrected chi connectivity index (χ0v) is 15.2. The van der Waals surface area contributed by atoms with Crippen LogP contribution in [-0.4, -0.2) is 38.5 Å². The summed E-state index contributed by atoms with van der Waals surface area (Å²) in [6.45, 7) is 2.23. The molecule has 0 unspecified atom stereocenters. The van der Waals surface area contributed by atoms with Gasteiger partial charge in [0.1, 0.15) is 0 Å². The van der Waals surface area contributed by atoms with Gasteiger partial charge in [-0.3, -0.25) is 4.79 Å². The van der Waals surface area contributed by atoms with Gasteiger partial charge in [-0.1, -0.05) is 24.3 Å². The molecular weight excluding hydrogens is 362 g/mol. The van der Waals surface area contributed by atoms with E-state index in [0.29, 0.717) is 17.2 Å². The molecule has 0 saturated carbocycles. The van der Waals surface area contributed by atoms with Crippen molar-refractivity contribution in [3.8, 4) is 17.2 Å². The molecule has 2 heterocycles. The zero-order chi connectivity index (χ0) is 19.5. The fraction of sp³-hybridized carbons (Fsp3) is 0.263. The highest BCUT2D eigenvalue weighted by atomic mass is 16.7. The van der Waals surface area contributed by atoms with Crippen LogP contribution in [0.4, 0.5) is 0 Å². The molecule has 1 atom stereocenters. The van der Waals surface area contributed by atoms with Crippen LogP contribution >= 0.6 is 0 Å². The number of carbonyl (C=O) groups excluding carboxylic acids is 1. The third kappa shape index (κ3) is 3.73. The van der Waals surface area contributed by atoms with Crippen molar-refractivity contribution >= 4 is 5.91 Å². The molecule has 0 saturated heterocycles. The Morgan fingerprint density at radius 3 is 2.75 bits per heavy atom. The summed E-state index contributed by atoms with van der Waals surface area (Å²) in [4.78, 5) is 24.8. The molecule has 0 bridgehead atoms. The lowest BCUT2D eigenvalue weighted by Crippen LogP contribution is -2.39. The van der Waals surface area contributed by atoms with Crippen molar-refractivity contribution in [1.29, 1.82) is 0 Å². The maximum Gasteiger partial charge on any atom is 0.368 e. The van der Waals surface area contributed by atoms with Gasteiger partial charge < -0.3 is 14.8 Å². The number of nitrogens with zero attached hydrogens (tertiary/aromatic N) is 4. The lowest BCUT2D eigenvalue weighted by molar-refractivity contribution is -0.121. The van der Waals surface area contributed by atoms with Crippen molar-refractivity contribution in [2.24, 2.45) is 0 Å². The Morgan fingerprint density at radius 2 is 1.93 bits per heavy atom. The van der Waals surface area contributed by atoms with E-state index >= 15 is 0 Å². The third-order valence-corrected chi connectivity index (χ3v) is 4.30. The van der Waals surface area contributed by atoms with Gasteiger partial charge in [0.15, 0.2) is 11.5 Å². The minimum Gasteiger partial charge on any atom is -0.454 e. The second-order valence-corrected chi connectivity index (χ2v) is 6.52. The van der Waals surface area contributed by atoms with Crippen LogP contribution in [0.3, 0.4) is 0 Å². The Morgan fingerprint density at radius 1 is 1.14 bits per heavy atom. The molecule has 3 aromatic rings. The molecule has 1 amide bonds. The Bertz CT molecular complexity index is 1040. The number of para-hydroxylation sites is 1. The minimum absolute atomic E-state index is 0.158. The van der Waals surface area contributed by atoms with Crippen molar-refractivity contribution < 1.29 is 14.3 Å². The van der Waals surface area contributed by atoms with Crippen molar-refractivity contribution in [3.63, 3.8) is 0 Å². The first-order valence-corrected chi connectivity index (χ1v) is 8.86. The molecule has 2 aromatic carbocycles. The van der Waals surface area contributed by atoms with E-state index in [1.807, 2.05) is 31.2 Å². The number of hydrogen-bond donors (Lipinski definition) is 1. The van der Waals surface area contributed by atoms with E-state index in [4.69, 9.17) is 9.47 Å². The van der Waals surface area contributed by atoms with Crippen LogP contribution in [0, 0.1) is 0 Å². The van der Waals surface area contributed by atoms with Crippen LogP contribution in [0.25, 0.3) is 5.69 Å². The predicted molar refractivity (Wildman–Crippen MR) is 99.5 cm³/mol. The highest BCUT2D eigenvalue weighted by molar-refractivity contribution is 5.79. The van der Waals surface area contributed by atoms with Crippen molar-refractivity contribution in [2.45, 2.75) is 25.9 Å². The Kier molecular flexibility index (Phi) is 4.79. The first-order valence-electron chi connectivity index (χ1n) is 8.86. The summed E-state index contributed by atoms with van der Waals surface area (Å²) in [5, 5.41) is 10.7. The monoisotopic (exact) mass is 381 g/mol. The van der Waals surface area contributed by atoms with Crippen molar-refractivity contribution in [3.05, 3.63) is 64.6 Å². The van der Waals surface area contributed by atoms with Gasteiger partial charge >= 0.3 is 5.69 Å². The molecule has 0 fully saturated rings. The Labute approximate surface area is 160 Å². The minimum atomic E-state index is -0.358. The summed E-state index contributed by atoms with van der Waals surface area (Å²) in [5.41, 5.74) is 1.10. The first kappa shape index (κ1) is 17.8. The van der Waals surface area contributed by atoms with Gasteiger partial charge in [-0.15, -0.1) is 0 Å². The smallest absolute Gasteiger partial charge is 0.368 e. The van der Waals surface area contributed by atoms with Crippen LogP contribution in [-0.2, 0) is 17.8 Å². The van der Waals surface area contributed by atoms with Gasteiger partial charge in [0, 0.05) is 6.04 Å². The van der Waals surface area contributed by atoms with Crippen molar-refractivity contribution in [1.82, 2.24) is 25.1 Å². The number of fused-ring (bicyclic) bond motifs is 1. The normalized spacial score (nSPS) is 13.3. The van der Waals surface area contributed by atoms with Gasteiger partial charge in [-0.2, -0.15) is 9.36 Å². The van der Waals surface area contributed by atoms with Crippen LogP contribution in [0.1, 0.15) is 12.5 Å². The molecule has 0 radical (unpaired) electrons. The highest BCUT2D eigenvalue weighted by Crippen LogP contribution is 2.32. The van der Waals surface area contributed by atoms with E-state index in [1.165, 1.54) is 9.36 Å². The fourth-order valence-corrected chi connectivity index (χ4v) is 2.99. The number of benzene rings is 2. The Hall–Kier alpha value is -3.62. The lowest BCUT2D eigenvalue weighted by atomic mass is 10.1. The standard InChI is InChI=1S/C19H19N5O4/c1-13(11-23-19(26)24(22-21-23)15-5-3-2-4-6-15)20-18(25)10-14-7-8-16-17(9-14)28-12-27-16/h2-9,13H,10-12H2,1H3,(H,20,25)/t13-/m0/s1. The number of hydrogen-bond acceptors (Lipinski definition) is 6. The van der Waals surface area contributed by atoms with Crippen molar-refractivity contribution in [2.75, 3.05) is 6.79 Å². The molecule has 28 heavy (non-hydrogen) atoms. The Balaban J connectivity index is 1.37. The van der Waals surface area contributed by atoms with Gasteiger partial charge in [0.25, 0.3) is 0 Å². The van der Waals surface area contributed by atoms with Gasteiger partial charge in [-0.25, -0.2) is 4.79 Å². The van der Waals surface area contributed by atoms with Gasteiger partial charge in [0.05, 0.1) is 18.7 Å². The molecule has 144 valence electrons. The van der Waals surface area contributed by atoms with Gasteiger partial charge in [-0.05, 0) is 47.2 Å². The second kappa shape index (κ2) is 7.55. The molecule has 1 aliphatic heterocycles. The summed E-state index contributed by atoms with van der Waals surface area (Å²) in [7, 11) is 0. The van der Waals surface area contributed by atoms with E-state index in [0.717, 1.165) is 5.56 Å². The number of tetrazole rings is 1. The average Bonchev–Trinajstić information content (AvgIpc) is 3.29. The molecule has 0 spiro atoms. The maximum absolute atomic E-state index is 12.5. The lowest BCUT2D eigenvalue weighted by Gasteiger charge is -2.13. The van der Waals surface area contributed by atoms with E-state index in [9.17, 15) is 9.59 Å². The number of amides is 1. The largest absolute Gasteiger partial charge is 0.454 e. The molecule has 1 aliphatic rings. The molecule has 1 N–H and O–H groups in total. The van der Waals surface area contributed by atoms with E-state index in [2.05, 4.69) is 15.7 Å². The highest BCUT2D eigenvalue weighted by Gasteiger charge is 2.16. The second-order valence-electron chi connectivity index (χ2n) is 6.52. The van der Waals surface area contributed by atoms with Gasteiger partial charge in [0.2, 0.25) is 12.7 Å². The van der Waals surface area contributed by atoms with Crippen LogP contribution in [0.5, 0.6) is 11.5 Å². The molecular formula is C19H19N5O4. The number of carbonyl (C=O) groups is 1. The molecule has 0 aliphatic carbocycles. The SMILES string of the molecule is C[C@@H](Cn1nnn(-c2ccccc2)c1=O)NC(=O)Cc1ccc2c(c1)OCO2. The summed E-state index contributed by atoms with van der Waals surface area (Å²) >= 11 is 0. The van der Waals surface area contributed by atoms with Crippen LogP contribution < -0.4 is 20.5 Å². The first-order chi connectivity index (χ1) is 13.6. The quantitative estimate of drug-likeness (QED) is 0.681. The van der Waals surface area contributed by atoms with Crippen LogP contribution in [0.2, 0.25) is 0 Å². The number of aromatic nitrogens is 4. The molecule has 9 heteroatoms. The number of rotatable bonds is 6. The van der Waals surface area contributed by atoms with E-state index in [-0.39, 0.29) is 37.4 Å². The average molecular weight is 381 g/mol. The number of ether oxygens (including phenoxy) is 2. The zero-order valence-electron chi connectivity index (χ0n) is 15.2. The molecule has 4 rings (SSSR count). The summed E-state index contributed by atoms with van der Waals surface area (Å²) in [5.74, 6) is 1.16. The topological polar surface area (TPSA) is 100 Å². The summed E-state index contributed by atoms with van der Waals surface area (Å²) in [6.07, 6.45) is 0.201. The predicted octanol–water partition coefficient (Wildman–Crippen LogP) is 0.905. The summed E-state index contributed by atoms with van der Waals surface area (Å²) < 4.78 is 13.0.